The number of hydrogen-bond donors (Lipinski definition) is 1. The summed E-state index contributed by atoms with van der Waals surface area (Å²) in [6.07, 6.45) is 3.83. The minimum atomic E-state index is -0.515. The van der Waals surface area contributed by atoms with E-state index in [0.29, 0.717) is 23.1 Å². The maximum atomic E-state index is 12.5. The lowest BCUT2D eigenvalue weighted by atomic mass is 10.0. The van der Waals surface area contributed by atoms with Crippen molar-refractivity contribution in [2.75, 3.05) is 19.7 Å². The van der Waals surface area contributed by atoms with Gasteiger partial charge in [-0.3, -0.25) is 9.59 Å². The van der Waals surface area contributed by atoms with Crippen molar-refractivity contribution in [2.24, 2.45) is 17.6 Å². The van der Waals surface area contributed by atoms with Crippen molar-refractivity contribution in [1.82, 2.24) is 4.90 Å². The zero-order chi connectivity index (χ0) is 14.8. The number of carbonyl (C=O) groups excluding carboxylic acids is 2. The molecule has 2 unspecified atom stereocenters. The van der Waals surface area contributed by atoms with Crippen LogP contribution in [0.15, 0.2) is 24.3 Å². The Morgan fingerprint density at radius 1 is 1.14 bits per heavy atom. The summed E-state index contributed by atoms with van der Waals surface area (Å²) in [6, 6.07) is 6.89. The standard InChI is InChI=1S/C16H20N2O3/c17-15(19)10-21-14-6-4-11(5-7-14)16(20)18-8-12-2-1-3-13(12)9-18/h4-7,12-13H,1-3,8-10H2,(H2,17,19). The zero-order valence-corrected chi connectivity index (χ0v) is 12.0. The van der Waals surface area contributed by atoms with Gasteiger partial charge >= 0.3 is 0 Å². The van der Waals surface area contributed by atoms with Gasteiger partial charge in [-0.2, -0.15) is 0 Å². The monoisotopic (exact) mass is 288 g/mol. The van der Waals surface area contributed by atoms with Crippen LogP contribution in [0.25, 0.3) is 0 Å². The summed E-state index contributed by atoms with van der Waals surface area (Å²) in [5, 5.41) is 0. The Labute approximate surface area is 124 Å². The van der Waals surface area contributed by atoms with Gasteiger partial charge in [0.05, 0.1) is 0 Å². The largest absolute Gasteiger partial charge is 0.484 e. The summed E-state index contributed by atoms with van der Waals surface area (Å²) in [6.45, 7) is 1.63. The van der Waals surface area contributed by atoms with E-state index in [4.69, 9.17) is 10.5 Å². The number of hydrogen-bond acceptors (Lipinski definition) is 3. The highest BCUT2D eigenvalue weighted by Gasteiger charge is 2.38. The highest BCUT2D eigenvalue weighted by Crippen LogP contribution is 2.38. The fourth-order valence-electron chi connectivity index (χ4n) is 3.43. The van der Waals surface area contributed by atoms with Crippen molar-refractivity contribution >= 4 is 11.8 Å². The number of ether oxygens (including phenoxy) is 1. The van der Waals surface area contributed by atoms with E-state index in [9.17, 15) is 9.59 Å². The molecule has 0 bridgehead atoms. The van der Waals surface area contributed by atoms with E-state index in [2.05, 4.69) is 0 Å². The minimum absolute atomic E-state index is 0.0888. The summed E-state index contributed by atoms with van der Waals surface area (Å²) in [4.78, 5) is 25.1. The van der Waals surface area contributed by atoms with Crippen LogP contribution in [-0.2, 0) is 4.79 Å². The molecule has 1 aliphatic heterocycles. The number of nitrogens with zero attached hydrogens (tertiary/aromatic N) is 1. The van der Waals surface area contributed by atoms with Gasteiger partial charge in [-0.15, -0.1) is 0 Å². The first kappa shape index (κ1) is 13.9. The van der Waals surface area contributed by atoms with Gasteiger partial charge in [-0.05, 0) is 48.9 Å². The van der Waals surface area contributed by atoms with Gasteiger partial charge in [0.1, 0.15) is 5.75 Å². The SMILES string of the molecule is NC(=O)COc1ccc(C(=O)N2CC3CCCC3C2)cc1. The van der Waals surface area contributed by atoms with E-state index in [1.807, 2.05) is 4.90 Å². The highest BCUT2D eigenvalue weighted by molar-refractivity contribution is 5.94. The van der Waals surface area contributed by atoms with Crippen LogP contribution >= 0.6 is 0 Å². The third-order valence-corrected chi connectivity index (χ3v) is 4.50. The van der Waals surface area contributed by atoms with Crippen molar-refractivity contribution in [3.63, 3.8) is 0 Å². The highest BCUT2D eigenvalue weighted by atomic mass is 16.5. The van der Waals surface area contributed by atoms with Crippen LogP contribution in [0.2, 0.25) is 0 Å². The average Bonchev–Trinajstić information content (AvgIpc) is 3.06. The van der Waals surface area contributed by atoms with Crippen molar-refractivity contribution in [1.29, 1.82) is 0 Å². The molecule has 1 aromatic carbocycles. The Morgan fingerprint density at radius 2 is 1.76 bits per heavy atom. The first-order valence-corrected chi connectivity index (χ1v) is 7.44. The minimum Gasteiger partial charge on any atom is -0.484 e. The van der Waals surface area contributed by atoms with E-state index in [1.54, 1.807) is 24.3 Å². The summed E-state index contributed by atoms with van der Waals surface area (Å²) >= 11 is 0. The van der Waals surface area contributed by atoms with E-state index in [1.165, 1.54) is 19.3 Å². The van der Waals surface area contributed by atoms with E-state index in [-0.39, 0.29) is 12.5 Å². The molecule has 0 aromatic heterocycles. The maximum absolute atomic E-state index is 12.5. The smallest absolute Gasteiger partial charge is 0.255 e. The van der Waals surface area contributed by atoms with E-state index >= 15 is 0 Å². The predicted octanol–water partition coefficient (Wildman–Crippen LogP) is 1.42. The molecule has 1 saturated carbocycles. The second-order valence-corrected chi connectivity index (χ2v) is 5.94. The molecule has 0 spiro atoms. The number of carbonyl (C=O) groups is 2. The Kier molecular flexibility index (Phi) is 3.82. The lowest BCUT2D eigenvalue weighted by Crippen LogP contribution is -2.29. The van der Waals surface area contributed by atoms with Gasteiger partial charge in [-0.25, -0.2) is 0 Å². The number of nitrogens with two attached hydrogens (primary N) is 1. The lowest BCUT2D eigenvalue weighted by molar-refractivity contribution is -0.119. The fraction of sp³-hybridized carbons (Fsp3) is 0.500. The summed E-state index contributed by atoms with van der Waals surface area (Å²) in [5.74, 6) is 1.52. The number of amides is 2. The summed E-state index contributed by atoms with van der Waals surface area (Å²) in [5.41, 5.74) is 5.69. The van der Waals surface area contributed by atoms with Gasteiger partial charge in [0.25, 0.3) is 11.8 Å². The van der Waals surface area contributed by atoms with Crippen molar-refractivity contribution < 1.29 is 14.3 Å². The van der Waals surface area contributed by atoms with Gasteiger partial charge in [0.2, 0.25) is 0 Å². The second-order valence-electron chi connectivity index (χ2n) is 5.94. The molecule has 2 amide bonds. The third-order valence-electron chi connectivity index (χ3n) is 4.50. The molecular formula is C16H20N2O3. The number of rotatable bonds is 4. The average molecular weight is 288 g/mol. The fourth-order valence-corrected chi connectivity index (χ4v) is 3.43. The predicted molar refractivity (Wildman–Crippen MR) is 77.9 cm³/mol. The molecule has 1 heterocycles. The van der Waals surface area contributed by atoms with Gasteiger partial charge in [0.15, 0.2) is 6.61 Å². The van der Waals surface area contributed by atoms with Crippen LogP contribution in [0.3, 0.4) is 0 Å². The van der Waals surface area contributed by atoms with Crippen LogP contribution in [-0.4, -0.2) is 36.4 Å². The third kappa shape index (κ3) is 3.01. The normalized spacial score (nSPS) is 23.9. The van der Waals surface area contributed by atoms with E-state index in [0.717, 1.165) is 13.1 Å². The summed E-state index contributed by atoms with van der Waals surface area (Å²) in [7, 11) is 0. The number of benzene rings is 1. The molecule has 2 fully saturated rings. The Morgan fingerprint density at radius 3 is 2.33 bits per heavy atom. The first-order chi connectivity index (χ1) is 10.1. The van der Waals surface area contributed by atoms with Gasteiger partial charge in [0, 0.05) is 18.7 Å². The molecule has 3 rings (SSSR count). The maximum Gasteiger partial charge on any atom is 0.255 e. The van der Waals surface area contributed by atoms with Crippen LogP contribution < -0.4 is 10.5 Å². The molecule has 112 valence electrons. The van der Waals surface area contributed by atoms with Crippen molar-refractivity contribution in [3.8, 4) is 5.75 Å². The Hall–Kier alpha value is -2.04. The Balaban J connectivity index is 1.61. The molecule has 21 heavy (non-hydrogen) atoms. The van der Waals surface area contributed by atoms with Crippen LogP contribution in [0.1, 0.15) is 29.6 Å². The molecule has 1 aromatic rings. The van der Waals surface area contributed by atoms with Crippen LogP contribution in [0.5, 0.6) is 5.75 Å². The quantitative estimate of drug-likeness (QED) is 0.910. The topological polar surface area (TPSA) is 72.6 Å². The number of fused-ring (bicyclic) bond motifs is 1. The van der Waals surface area contributed by atoms with Crippen LogP contribution in [0.4, 0.5) is 0 Å². The zero-order valence-electron chi connectivity index (χ0n) is 12.0. The molecule has 2 aliphatic rings. The molecule has 5 nitrogen and oxygen atoms in total. The molecule has 0 radical (unpaired) electrons. The number of primary amides is 1. The first-order valence-electron chi connectivity index (χ1n) is 7.44. The molecule has 5 heteroatoms. The van der Waals surface area contributed by atoms with Crippen molar-refractivity contribution in [3.05, 3.63) is 29.8 Å². The molecule has 2 atom stereocenters. The van der Waals surface area contributed by atoms with Gasteiger partial charge < -0.3 is 15.4 Å². The Bertz CT molecular complexity index is 529. The summed E-state index contributed by atoms with van der Waals surface area (Å²) < 4.78 is 5.19. The second kappa shape index (κ2) is 5.76. The molecule has 1 aliphatic carbocycles. The lowest BCUT2D eigenvalue weighted by Gasteiger charge is -2.17. The van der Waals surface area contributed by atoms with E-state index < -0.39 is 5.91 Å². The molecular weight excluding hydrogens is 268 g/mol. The van der Waals surface area contributed by atoms with Crippen LogP contribution in [0, 0.1) is 11.8 Å². The molecule has 1 saturated heterocycles. The van der Waals surface area contributed by atoms with Gasteiger partial charge in [-0.1, -0.05) is 6.42 Å². The van der Waals surface area contributed by atoms with Crippen molar-refractivity contribution in [2.45, 2.75) is 19.3 Å². The number of likely N-dealkylation sites (tertiary alicyclic amines) is 1. The molecule has 2 N–H and O–H groups in total.